The summed E-state index contributed by atoms with van der Waals surface area (Å²) in [4.78, 5) is 12.8. The molecule has 0 spiro atoms. The summed E-state index contributed by atoms with van der Waals surface area (Å²) in [7, 11) is -0.696. The number of anilines is 2. The molecule has 3 rings (SSSR count). The molecule has 0 fully saturated rings. The van der Waals surface area contributed by atoms with Gasteiger partial charge < -0.3 is 10.6 Å². The maximum atomic E-state index is 12.8. The minimum atomic E-state index is -3.61. The van der Waals surface area contributed by atoms with Gasteiger partial charge in [-0.3, -0.25) is 4.79 Å². The molecule has 6 nitrogen and oxygen atoms in total. The largest absolute Gasteiger partial charge is 0.383 e. The fourth-order valence-corrected chi connectivity index (χ4v) is 3.88. The summed E-state index contributed by atoms with van der Waals surface area (Å²) in [6.07, 6.45) is 0.855. The highest BCUT2D eigenvalue weighted by Gasteiger charge is 2.19. The van der Waals surface area contributed by atoms with Crippen LogP contribution in [0.2, 0.25) is 0 Å². The van der Waals surface area contributed by atoms with Crippen molar-refractivity contribution in [1.29, 1.82) is 0 Å². The van der Waals surface area contributed by atoms with Gasteiger partial charge in [0.25, 0.3) is 5.91 Å². The van der Waals surface area contributed by atoms with Gasteiger partial charge in [0.2, 0.25) is 10.0 Å². The molecule has 3 aromatic carbocycles. The Morgan fingerprint density at radius 3 is 2.23 bits per heavy atom. The van der Waals surface area contributed by atoms with Crippen LogP contribution in [0.25, 0.3) is 0 Å². The van der Waals surface area contributed by atoms with Crippen LogP contribution in [-0.2, 0) is 16.4 Å². The monoisotopic (exact) mass is 423 g/mol. The molecular formula is C23H25N3O3S. The van der Waals surface area contributed by atoms with E-state index >= 15 is 0 Å². The standard InChI is InChI=1S/C23H25N3O3S/c1-26(2)30(28,29)20-12-8-11-19(17-20)23(27)25-22-14-7-6-13-21(22)24-16-15-18-9-4-3-5-10-18/h3-14,17,24H,15-16H2,1-2H3,(H,25,27). The molecule has 0 heterocycles. The van der Waals surface area contributed by atoms with Crippen LogP contribution in [0.1, 0.15) is 15.9 Å². The van der Waals surface area contributed by atoms with Crippen LogP contribution in [0.15, 0.2) is 83.8 Å². The fraction of sp³-hybridized carbons (Fsp3) is 0.174. The minimum Gasteiger partial charge on any atom is -0.383 e. The number of sulfonamides is 1. The van der Waals surface area contributed by atoms with E-state index in [0.29, 0.717) is 12.2 Å². The van der Waals surface area contributed by atoms with Gasteiger partial charge in [-0.1, -0.05) is 48.5 Å². The Morgan fingerprint density at radius 1 is 0.867 bits per heavy atom. The predicted molar refractivity (Wildman–Crippen MR) is 120 cm³/mol. The third kappa shape index (κ3) is 5.25. The van der Waals surface area contributed by atoms with Gasteiger partial charge in [0.15, 0.2) is 0 Å². The normalized spacial score (nSPS) is 11.3. The maximum absolute atomic E-state index is 12.8. The Balaban J connectivity index is 1.72. The first-order valence-corrected chi connectivity index (χ1v) is 11.0. The van der Waals surface area contributed by atoms with Gasteiger partial charge in [-0.15, -0.1) is 0 Å². The Kier molecular flexibility index (Phi) is 6.87. The zero-order chi connectivity index (χ0) is 21.6. The predicted octanol–water partition coefficient (Wildman–Crippen LogP) is 3.84. The maximum Gasteiger partial charge on any atom is 0.255 e. The van der Waals surface area contributed by atoms with E-state index in [1.54, 1.807) is 12.1 Å². The molecule has 0 radical (unpaired) electrons. The number of amides is 1. The first-order valence-electron chi connectivity index (χ1n) is 9.59. The van der Waals surface area contributed by atoms with Gasteiger partial charge >= 0.3 is 0 Å². The van der Waals surface area contributed by atoms with Gasteiger partial charge in [0.05, 0.1) is 16.3 Å². The Morgan fingerprint density at radius 2 is 1.53 bits per heavy atom. The number of rotatable bonds is 8. The van der Waals surface area contributed by atoms with Gasteiger partial charge in [0, 0.05) is 26.2 Å². The van der Waals surface area contributed by atoms with Gasteiger partial charge in [0.1, 0.15) is 0 Å². The lowest BCUT2D eigenvalue weighted by Crippen LogP contribution is -2.23. The second kappa shape index (κ2) is 9.56. The molecule has 0 saturated heterocycles. The number of para-hydroxylation sites is 2. The Hall–Kier alpha value is -3.16. The summed E-state index contributed by atoms with van der Waals surface area (Å²) >= 11 is 0. The van der Waals surface area contributed by atoms with E-state index in [1.807, 2.05) is 42.5 Å². The lowest BCUT2D eigenvalue weighted by Gasteiger charge is -2.14. The van der Waals surface area contributed by atoms with Crippen molar-refractivity contribution in [1.82, 2.24) is 4.31 Å². The molecule has 30 heavy (non-hydrogen) atoms. The molecule has 0 unspecified atom stereocenters. The number of benzene rings is 3. The van der Waals surface area contributed by atoms with Crippen molar-refractivity contribution in [3.8, 4) is 0 Å². The molecule has 0 aliphatic rings. The van der Waals surface area contributed by atoms with Crippen LogP contribution in [0.4, 0.5) is 11.4 Å². The molecule has 0 aliphatic carbocycles. The minimum absolute atomic E-state index is 0.0782. The molecule has 3 aromatic rings. The summed E-state index contributed by atoms with van der Waals surface area (Å²) in [6, 6.07) is 23.6. The van der Waals surface area contributed by atoms with Crippen LogP contribution in [0.3, 0.4) is 0 Å². The van der Waals surface area contributed by atoms with Crippen LogP contribution >= 0.6 is 0 Å². The number of hydrogen-bond donors (Lipinski definition) is 2. The van der Waals surface area contributed by atoms with Crippen LogP contribution < -0.4 is 10.6 Å². The highest BCUT2D eigenvalue weighted by atomic mass is 32.2. The number of carbonyl (C=O) groups excluding carboxylic acids is 1. The second-order valence-electron chi connectivity index (χ2n) is 6.98. The van der Waals surface area contributed by atoms with Crippen molar-refractivity contribution in [2.75, 3.05) is 31.3 Å². The molecule has 0 aromatic heterocycles. The van der Waals surface area contributed by atoms with Crippen molar-refractivity contribution in [3.05, 3.63) is 90.0 Å². The number of nitrogens with one attached hydrogen (secondary N) is 2. The topological polar surface area (TPSA) is 78.5 Å². The van der Waals surface area contributed by atoms with Crippen LogP contribution in [0, 0.1) is 0 Å². The van der Waals surface area contributed by atoms with E-state index < -0.39 is 10.0 Å². The van der Waals surface area contributed by atoms with Gasteiger partial charge in [-0.2, -0.15) is 0 Å². The summed E-state index contributed by atoms with van der Waals surface area (Å²) in [5, 5.41) is 6.23. The van der Waals surface area contributed by atoms with Gasteiger partial charge in [-0.05, 0) is 42.3 Å². The SMILES string of the molecule is CN(C)S(=O)(=O)c1cccc(C(=O)Nc2ccccc2NCCc2ccccc2)c1. The smallest absolute Gasteiger partial charge is 0.255 e. The molecular weight excluding hydrogens is 398 g/mol. The summed E-state index contributed by atoms with van der Waals surface area (Å²) in [5.74, 6) is -0.372. The number of hydrogen-bond acceptors (Lipinski definition) is 4. The van der Waals surface area contributed by atoms with Crippen molar-refractivity contribution in [2.24, 2.45) is 0 Å². The second-order valence-corrected chi connectivity index (χ2v) is 9.13. The molecule has 0 atom stereocenters. The third-order valence-electron chi connectivity index (χ3n) is 4.62. The lowest BCUT2D eigenvalue weighted by atomic mass is 10.1. The van der Waals surface area contributed by atoms with Crippen molar-refractivity contribution in [3.63, 3.8) is 0 Å². The van der Waals surface area contributed by atoms with Crippen molar-refractivity contribution >= 4 is 27.3 Å². The zero-order valence-electron chi connectivity index (χ0n) is 17.0. The molecule has 156 valence electrons. The average Bonchev–Trinajstić information content (AvgIpc) is 2.75. The van der Waals surface area contributed by atoms with E-state index in [4.69, 9.17) is 0 Å². The van der Waals surface area contributed by atoms with E-state index in [9.17, 15) is 13.2 Å². The third-order valence-corrected chi connectivity index (χ3v) is 6.43. The average molecular weight is 424 g/mol. The van der Waals surface area contributed by atoms with Gasteiger partial charge in [-0.25, -0.2) is 12.7 Å². The number of nitrogens with zero attached hydrogens (tertiary/aromatic N) is 1. The molecule has 2 N–H and O–H groups in total. The van der Waals surface area contributed by atoms with Crippen molar-refractivity contribution in [2.45, 2.75) is 11.3 Å². The van der Waals surface area contributed by atoms with E-state index in [1.165, 1.54) is 31.8 Å². The van der Waals surface area contributed by atoms with E-state index in [-0.39, 0.29) is 16.4 Å². The fourth-order valence-electron chi connectivity index (χ4n) is 2.94. The molecule has 0 aliphatic heterocycles. The lowest BCUT2D eigenvalue weighted by molar-refractivity contribution is 0.102. The Labute approximate surface area is 177 Å². The molecule has 7 heteroatoms. The first kappa shape index (κ1) is 21.5. The van der Waals surface area contributed by atoms with Crippen molar-refractivity contribution < 1.29 is 13.2 Å². The molecule has 0 bridgehead atoms. The highest BCUT2D eigenvalue weighted by molar-refractivity contribution is 7.89. The Bertz CT molecular complexity index is 1110. The quantitative estimate of drug-likeness (QED) is 0.577. The first-order chi connectivity index (χ1) is 14.4. The van der Waals surface area contributed by atoms with E-state index in [2.05, 4.69) is 22.8 Å². The summed E-state index contributed by atoms with van der Waals surface area (Å²) in [5.41, 5.74) is 2.94. The zero-order valence-corrected chi connectivity index (χ0v) is 17.8. The summed E-state index contributed by atoms with van der Waals surface area (Å²) < 4.78 is 25.8. The summed E-state index contributed by atoms with van der Waals surface area (Å²) in [6.45, 7) is 0.716. The molecule has 0 saturated carbocycles. The number of carbonyl (C=O) groups is 1. The van der Waals surface area contributed by atoms with Crippen LogP contribution in [-0.4, -0.2) is 39.3 Å². The van der Waals surface area contributed by atoms with E-state index in [0.717, 1.165) is 16.4 Å². The highest BCUT2D eigenvalue weighted by Crippen LogP contribution is 2.22. The van der Waals surface area contributed by atoms with Crippen LogP contribution in [0.5, 0.6) is 0 Å². The molecule has 1 amide bonds.